The van der Waals surface area contributed by atoms with Crippen LogP contribution in [0.15, 0.2) is 69.7 Å². The molecule has 3 N–H and O–H groups in total. The van der Waals surface area contributed by atoms with Gasteiger partial charge in [0.05, 0.1) is 45.6 Å². The zero-order valence-corrected chi connectivity index (χ0v) is 22.8. The van der Waals surface area contributed by atoms with Crippen molar-refractivity contribution in [1.29, 1.82) is 0 Å². The quantitative estimate of drug-likeness (QED) is 0.275. The SMILES string of the molecule is CS(=O)(=O)Nc1ccc2c(c1)S(=O)(=O)C=C(c1c(O)c3cc(F)ccc3n(Cc3ccc(F)c(C(F)(F)F)c3)c1=O)N2. The minimum atomic E-state index is -5.04. The molecule has 9 nitrogen and oxygen atoms in total. The van der Waals surface area contributed by atoms with Gasteiger partial charge in [0.15, 0.2) is 0 Å². The van der Waals surface area contributed by atoms with Crippen LogP contribution >= 0.6 is 0 Å². The van der Waals surface area contributed by atoms with E-state index >= 15 is 0 Å². The number of halogens is 5. The van der Waals surface area contributed by atoms with Crippen LogP contribution in [0.3, 0.4) is 0 Å². The Morgan fingerprint density at radius 3 is 2.40 bits per heavy atom. The van der Waals surface area contributed by atoms with Gasteiger partial charge in [0.25, 0.3) is 5.56 Å². The summed E-state index contributed by atoms with van der Waals surface area (Å²) in [7, 11) is -8.12. The van der Waals surface area contributed by atoms with Gasteiger partial charge in [0, 0.05) is 11.1 Å². The molecule has 0 spiro atoms. The van der Waals surface area contributed by atoms with E-state index in [2.05, 4.69) is 10.0 Å². The van der Waals surface area contributed by atoms with Crippen LogP contribution in [0, 0.1) is 11.6 Å². The van der Waals surface area contributed by atoms with Crippen molar-refractivity contribution in [2.45, 2.75) is 17.6 Å². The van der Waals surface area contributed by atoms with Gasteiger partial charge in [-0.25, -0.2) is 25.6 Å². The smallest absolute Gasteiger partial charge is 0.419 e. The second-order valence-corrected chi connectivity index (χ2v) is 12.9. The number of benzene rings is 3. The second-order valence-electron chi connectivity index (χ2n) is 9.38. The van der Waals surface area contributed by atoms with Crippen LogP contribution in [0.1, 0.15) is 16.7 Å². The molecule has 0 unspecified atom stereocenters. The highest BCUT2D eigenvalue weighted by Gasteiger charge is 2.34. The molecule has 1 aliphatic heterocycles. The van der Waals surface area contributed by atoms with E-state index in [1.807, 2.05) is 0 Å². The normalized spacial score (nSPS) is 14.7. The number of sulfonamides is 1. The number of aromatic nitrogens is 1. The Kier molecular flexibility index (Phi) is 6.81. The van der Waals surface area contributed by atoms with E-state index in [9.17, 15) is 48.7 Å². The highest BCUT2D eigenvalue weighted by atomic mass is 32.2. The molecule has 0 aliphatic carbocycles. The number of hydrogen-bond acceptors (Lipinski definition) is 7. The van der Waals surface area contributed by atoms with E-state index < -0.39 is 72.3 Å². The molecule has 0 radical (unpaired) electrons. The zero-order chi connectivity index (χ0) is 30.8. The Morgan fingerprint density at radius 1 is 1.02 bits per heavy atom. The predicted molar refractivity (Wildman–Crippen MR) is 144 cm³/mol. The summed E-state index contributed by atoms with van der Waals surface area (Å²) in [6.07, 6.45) is -4.17. The molecule has 4 aromatic rings. The summed E-state index contributed by atoms with van der Waals surface area (Å²) in [5, 5.41) is 14.1. The van der Waals surface area contributed by atoms with E-state index in [0.29, 0.717) is 17.5 Å². The second kappa shape index (κ2) is 9.84. The largest absolute Gasteiger partial charge is 0.506 e. The van der Waals surface area contributed by atoms with Crippen molar-refractivity contribution in [3.05, 3.63) is 98.7 Å². The van der Waals surface area contributed by atoms with Crippen LogP contribution in [-0.4, -0.2) is 32.8 Å². The fraction of sp³-hybridized carbons (Fsp3) is 0.115. The monoisotopic (exact) mass is 627 g/mol. The molecule has 0 bridgehead atoms. The highest BCUT2D eigenvalue weighted by molar-refractivity contribution is 7.94. The first-order valence-electron chi connectivity index (χ1n) is 11.7. The van der Waals surface area contributed by atoms with E-state index in [1.165, 1.54) is 12.1 Å². The fourth-order valence-corrected chi connectivity index (χ4v) is 6.42. The van der Waals surface area contributed by atoms with Gasteiger partial charge < -0.3 is 15.0 Å². The summed E-state index contributed by atoms with van der Waals surface area (Å²) in [5.41, 5.74) is -4.14. The molecule has 220 valence electrons. The number of rotatable bonds is 5. The lowest BCUT2D eigenvalue weighted by molar-refractivity contribution is -0.140. The van der Waals surface area contributed by atoms with E-state index in [1.54, 1.807) is 0 Å². The van der Waals surface area contributed by atoms with E-state index in [-0.39, 0.29) is 32.7 Å². The maximum Gasteiger partial charge on any atom is 0.419 e. The lowest BCUT2D eigenvalue weighted by Gasteiger charge is -2.22. The number of nitrogens with one attached hydrogen (secondary N) is 2. The highest BCUT2D eigenvalue weighted by Crippen LogP contribution is 2.39. The third-order valence-corrected chi connectivity index (χ3v) is 8.38. The summed E-state index contributed by atoms with van der Waals surface area (Å²) in [6.45, 7) is -0.589. The van der Waals surface area contributed by atoms with Gasteiger partial charge in [-0.3, -0.25) is 9.52 Å². The maximum atomic E-state index is 14.2. The molecular weight excluding hydrogens is 609 g/mol. The van der Waals surface area contributed by atoms with Crippen molar-refractivity contribution < 1.29 is 43.9 Å². The maximum absolute atomic E-state index is 14.2. The minimum Gasteiger partial charge on any atom is -0.506 e. The number of nitrogens with zero attached hydrogens (tertiary/aromatic N) is 1. The summed E-state index contributed by atoms with van der Waals surface area (Å²) < 4.78 is 121. The zero-order valence-electron chi connectivity index (χ0n) is 21.1. The number of fused-ring (bicyclic) bond motifs is 2. The summed E-state index contributed by atoms with van der Waals surface area (Å²) in [4.78, 5) is 13.4. The Balaban J connectivity index is 1.70. The van der Waals surface area contributed by atoms with Crippen LogP contribution in [0.2, 0.25) is 0 Å². The van der Waals surface area contributed by atoms with Crippen molar-refractivity contribution in [3.63, 3.8) is 0 Å². The molecule has 0 amide bonds. The summed E-state index contributed by atoms with van der Waals surface area (Å²) in [6, 6.07) is 8.49. The molecule has 5 rings (SSSR count). The van der Waals surface area contributed by atoms with Gasteiger partial charge in [-0.05, 0) is 54.1 Å². The van der Waals surface area contributed by atoms with Crippen molar-refractivity contribution >= 4 is 47.8 Å². The third kappa shape index (κ3) is 5.42. The summed E-state index contributed by atoms with van der Waals surface area (Å²) in [5.74, 6) is -3.19. The van der Waals surface area contributed by atoms with Crippen LogP contribution < -0.4 is 15.6 Å². The Bertz CT molecular complexity index is 2110. The first kappa shape index (κ1) is 29.1. The molecule has 2 heterocycles. The van der Waals surface area contributed by atoms with Crippen LogP contribution in [0.5, 0.6) is 5.75 Å². The average Bonchev–Trinajstić information content (AvgIpc) is 2.86. The first-order chi connectivity index (χ1) is 19.4. The molecule has 0 atom stereocenters. The Labute approximate surface area is 234 Å². The fourth-order valence-electron chi connectivity index (χ4n) is 4.54. The lowest BCUT2D eigenvalue weighted by atomic mass is 10.1. The Hall–Kier alpha value is -4.44. The van der Waals surface area contributed by atoms with Crippen molar-refractivity contribution in [1.82, 2.24) is 4.57 Å². The molecule has 0 saturated heterocycles. The van der Waals surface area contributed by atoms with Gasteiger partial charge in [-0.15, -0.1) is 0 Å². The van der Waals surface area contributed by atoms with Crippen LogP contribution in [0.4, 0.5) is 33.3 Å². The number of sulfone groups is 1. The third-order valence-electron chi connectivity index (χ3n) is 6.28. The molecule has 1 aliphatic rings. The lowest BCUT2D eigenvalue weighted by Crippen LogP contribution is -2.27. The number of pyridine rings is 1. The molecule has 0 saturated carbocycles. The van der Waals surface area contributed by atoms with Gasteiger partial charge in [-0.2, -0.15) is 13.2 Å². The number of hydrogen-bond donors (Lipinski definition) is 3. The van der Waals surface area contributed by atoms with Crippen molar-refractivity contribution in [2.24, 2.45) is 0 Å². The van der Waals surface area contributed by atoms with Crippen molar-refractivity contribution in [2.75, 3.05) is 16.3 Å². The van der Waals surface area contributed by atoms with Crippen molar-refractivity contribution in [3.8, 4) is 5.75 Å². The van der Waals surface area contributed by atoms with Gasteiger partial charge in [0.1, 0.15) is 22.9 Å². The van der Waals surface area contributed by atoms with Gasteiger partial charge in [-0.1, -0.05) is 6.07 Å². The number of anilines is 2. The Morgan fingerprint density at radius 2 is 1.74 bits per heavy atom. The predicted octanol–water partition coefficient (Wildman–Crippen LogP) is 4.62. The van der Waals surface area contributed by atoms with Crippen LogP contribution in [-0.2, 0) is 32.6 Å². The molecule has 16 heteroatoms. The topological polar surface area (TPSA) is 135 Å². The molecule has 1 aromatic heterocycles. The number of aromatic hydroxyl groups is 1. The standard InChI is InChI=1S/C26H18F5N3O6S2/c1-41(37,38)33-15-4-6-19-22(10-15)42(39,40)12-20(32-19)23-24(35)16-9-14(27)3-7-21(16)34(25(23)36)11-13-2-5-18(28)17(8-13)26(29,30)31/h2-10,12,32-33,35H,11H2,1H3. The van der Waals surface area contributed by atoms with E-state index in [4.69, 9.17) is 0 Å². The minimum absolute atomic E-state index is 0.0672. The van der Waals surface area contributed by atoms with E-state index in [0.717, 1.165) is 41.2 Å². The van der Waals surface area contributed by atoms with Gasteiger partial charge >= 0.3 is 6.18 Å². The average molecular weight is 628 g/mol. The molecule has 42 heavy (non-hydrogen) atoms. The number of alkyl halides is 3. The van der Waals surface area contributed by atoms with Crippen LogP contribution in [0.25, 0.3) is 16.6 Å². The molecule has 3 aromatic carbocycles. The molecular formula is C26H18F5N3O6S2. The van der Waals surface area contributed by atoms with Gasteiger partial charge in [0.2, 0.25) is 19.9 Å². The summed E-state index contributed by atoms with van der Waals surface area (Å²) >= 11 is 0. The molecule has 0 fully saturated rings. The first-order valence-corrected chi connectivity index (χ1v) is 15.1.